The van der Waals surface area contributed by atoms with E-state index < -0.39 is 11.2 Å². The summed E-state index contributed by atoms with van der Waals surface area (Å²) in [7, 11) is 0. The third-order valence-electron chi connectivity index (χ3n) is 1.50. The lowest BCUT2D eigenvalue weighted by molar-refractivity contribution is -0.107. The third-order valence-corrected chi connectivity index (χ3v) is 1.50. The fourth-order valence-corrected chi connectivity index (χ4v) is 0. The second kappa shape index (κ2) is 3.16. The molecule has 2 nitrogen and oxygen atoms in total. The molecule has 0 saturated carbocycles. The Bertz CT molecular complexity index is 66.0. The van der Waals surface area contributed by atoms with Crippen molar-refractivity contribution in [2.75, 3.05) is 0 Å². The SMILES string of the molecule is CC(C)(O)C(C)(C)O.I. The fraction of sp³-hybridized carbons (Fsp3) is 1.00. The van der Waals surface area contributed by atoms with E-state index in [4.69, 9.17) is 10.2 Å². The summed E-state index contributed by atoms with van der Waals surface area (Å²) in [5, 5.41) is 18.2. The second-order valence-corrected chi connectivity index (χ2v) is 3.12. The predicted octanol–water partition coefficient (Wildman–Crippen LogP) is 1.15. The molecule has 0 aliphatic rings. The molecule has 0 aliphatic heterocycles. The van der Waals surface area contributed by atoms with Crippen LogP contribution in [0.1, 0.15) is 27.7 Å². The van der Waals surface area contributed by atoms with E-state index in [0.29, 0.717) is 0 Å². The highest BCUT2D eigenvalue weighted by atomic mass is 127. The summed E-state index contributed by atoms with van der Waals surface area (Å²) < 4.78 is 0. The second-order valence-electron chi connectivity index (χ2n) is 3.12. The maximum atomic E-state index is 9.10. The molecule has 0 unspecified atom stereocenters. The van der Waals surface area contributed by atoms with Crippen molar-refractivity contribution in [3.63, 3.8) is 0 Å². The van der Waals surface area contributed by atoms with Gasteiger partial charge in [0, 0.05) is 0 Å². The molecule has 58 valence electrons. The Kier molecular flexibility index (Phi) is 4.34. The highest BCUT2D eigenvalue weighted by Gasteiger charge is 2.31. The normalized spacial score (nSPS) is 12.7. The van der Waals surface area contributed by atoms with Gasteiger partial charge in [-0.15, -0.1) is 24.0 Å². The minimum Gasteiger partial charge on any atom is -0.387 e. The van der Waals surface area contributed by atoms with Gasteiger partial charge in [0.1, 0.15) is 0 Å². The molecule has 0 fully saturated rings. The van der Waals surface area contributed by atoms with E-state index in [9.17, 15) is 0 Å². The summed E-state index contributed by atoms with van der Waals surface area (Å²) >= 11 is 0. The molecule has 0 aromatic carbocycles. The van der Waals surface area contributed by atoms with Crippen molar-refractivity contribution < 1.29 is 10.2 Å². The lowest BCUT2D eigenvalue weighted by Crippen LogP contribution is -2.44. The predicted molar refractivity (Wildman–Crippen MR) is 48.0 cm³/mol. The smallest absolute Gasteiger partial charge is 0.0872 e. The molecule has 0 bridgehead atoms. The Hall–Kier alpha value is 0.650. The van der Waals surface area contributed by atoms with Gasteiger partial charge >= 0.3 is 0 Å². The monoisotopic (exact) mass is 246 g/mol. The van der Waals surface area contributed by atoms with Crippen LogP contribution >= 0.6 is 24.0 Å². The first-order valence-electron chi connectivity index (χ1n) is 2.70. The fourth-order valence-electron chi connectivity index (χ4n) is 0. The van der Waals surface area contributed by atoms with E-state index >= 15 is 0 Å². The molecule has 3 heteroatoms. The lowest BCUT2D eigenvalue weighted by atomic mass is 9.90. The van der Waals surface area contributed by atoms with Crippen molar-refractivity contribution >= 4 is 24.0 Å². The molecule has 0 atom stereocenters. The molecule has 0 rings (SSSR count). The number of hydrogen-bond acceptors (Lipinski definition) is 2. The van der Waals surface area contributed by atoms with Crippen molar-refractivity contribution in [2.24, 2.45) is 0 Å². The van der Waals surface area contributed by atoms with Crippen LogP contribution in [0, 0.1) is 0 Å². The molecular formula is C6H15IO2. The largest absolute Gasteiger partial charge is 0.387 e. The van der Waals surface area contributed by atoms with Crippen LogP contribution in [0.3, 0.4) is 0 Å². The quantitative estimate of drug-likeness (QED) is 0.681. The first-order chi connectivity index (χ1) is 3.25. The topological polar surface area (TPSA) is 40.5 Å². The molecule has 2 N–H and O–H groups in total. The van der Waals surface area contributed by atoms with Crippen LogP contribution < -0.4 is 0 Å². The molecular weight excluding hydrogens is 231 g/mol. The molecule has 0 amide bonds. The van der Waals surface area contributed by atoms with Gasteiger partial charge in [0.2, 0.25) is 0 Å². The maximum absolute atomic E-state index is 9.10. The zero-order valence-electron chi connectivity index (χ0n) is 6.30. The van der Waals surface area contributed by atoms with Crippen LogP contribution in [0.4, 0.5) is 0 Å². The summed E-state index contributed by atoms with van der Waals surface area (Å²) in [5.74, 6) is 0. The van der Waals surface area contributed by atoms with Gasteiger partial charge < -0.3 is 10.2 Å². The van der Waals surface area contributed by atoms with Crippen molar-refractivity contribution in [1.29, 1.82) is 0 Å². The van der Waals surface area contributed by atoms with Crippen molar-refractivity contribution in [1.82, 2.24) is 0 Å². The Morgan fingerprint density at radius 1 is 0.778 bits per heavy atom. The highest BCUT2D eigenvalue weighted by molar-refractivity contribution is 14.0. The van der Waals surface area contributed by atoms with Gasteiger partial charge in [-0.25, -0.2) is 0 Å². The Morgan fingerprint density at radius 3 is 0.889 bits per heavy atom. The summed E-state index contributed by atoms with van der Waals surface area (Å²) in [6.45, 7) is 6.31. The molecule has 0 heterocycles. The third kappa shape index (κ3) is 4.11. The molecule has 0 aliphatic carbocycles. The molecule has 0 radical (unpaired) electrons. The number of hydrogen-bond donors (Lipinski definition) is 2. The van der Waals surface area contributed by atoms with E-state index in [2.05, 4.69) is 0 Å². The minimum absolute atomic E-state index is 0. The summed E-state index contributed by atoms with van der Waals surface area (Å²) in [4.78, 5) is 0. The maximum Gasteiger partial charge on any atom is 0.0872 e. The van der Waals surface area contributed by atoms with Crippen molar-refractivity contribution in [3.05, 3.63) is 0 Å². The molecule has 0 saturated heterocycles. The Balaban J connectivity index is 0. The van der Waals surface area contributed by atoms with Crippen LogP contribution in [-0.4, -0.2) is 21.4 Å². The van der Waals surface area contributed by atoms with E-state index in [1.807, 2.05) is 0 Å². The van der Waals surface area contributed by atoms with Gasteiger partial charge in [0.15, 0.2) is 0 Å². The van der Waals surface area contributed by atoms with Gasteiger partial charge in [-0.2, -0.15) is 0 Å². The van der Waals surface area contributed by atoms with E-state index in [0.717, 1.165) is 0 Å². The highest BCUT2D eigenvalue weighted by Crippen LogP contribution is 2.18. The minimum atomic E-state index is -1.01. The molecule has 0 spiro atoms. The van der Waals surface area contributed by atoms with E-state index in [1.54, 1.807) is 27.7 Å². The average Bonchev–Trinajstić information content (AvgIpc) is 1.25. The zero-order chi connectivity index (χ0) is 7.00. The van der Waals surface area contributed by atoms with Gasteiger partial charge in [0.25, 0.3) is 0 Å². The van der Waals surface area contributed by atoms with Crippen LogP contribution in [-0.2, 0) is 0 Å². The van der Waals surface area contributed by atoms with E-state index in [1.165, 1.54) is 0 Å². The average molecular weight is 246 g/mol. The number of halogens is 1. The molecule has 0 aromatic rings. The van der Waals surface area contributed by atoms with Crippen molar-refractivity contribution in [3.8, 4) is 0 Å². The first kappa shape index (κ1) is 12.3. The number of rotatable bonds is 1. The summed E-state index contributed by atoms with van der Waals surface area (Å²) in [6.07, 6.45) is 0. The van der Waals surface area contributed by atoms with Gasteiger partial charge in [0.05, 0.1) is 11.2 Å². The Labute approximate surface area is 73.3 Å². The lowest BCUT2D eigenvalue weighted by Gasteiger charge is -2.31. The summed E-state index contributed by atoms with van der Waals surface area (Å²) in [5.41, 5.74) is -2.01. The van der Waals surface area contributed by atoms with Gasteiger partial charge in [-0.1, -0.05) is 0 Å². The van der Waals surface area contributed by atoms with Crippen LogP contribution in [0.5, 0.6) is 0 Å². The number of aliphatic hydroxyl groups is 2. The first-order valence-corrected chi connectivity index (χ1v) is 2.70. The van der Waals surface area contributed by atoms with E-state index in [-0.39, 0.29) is 24.0 Å². The van der Waals surface area contributed by atoms with Crippen LogP contribution in [0.2, 0.25) is 0 Å². The zero-order valence-corrected chi connectivity index (χ0v) is 8.63. The standard InChI is InChI=1S/C6H14O2.HI/c1-5(2,7)6(3,4)8;/h7-8H,1-4H3;1H. The van der Waals surface area contributed by atoms with Crippen molar-refractivity contribution in [2.45, 2.75) is 38.9 Å². The summed E-state index contributed by atoms with van der Waals surface area (Å²) in [6, 6.07) is 0. The molecule has 9 heavy (non-hydrogen) atoms. The van der Waals surface area contributed by atoms with Crippen LogP contribution in [0.15, 0.2) is 0 Å². The Morgan fingerprint density at radius 2 is 0.889 bits per heavy atom. The van der Waals surface area contributed by atoms with Crippen LogP contribution in [0.25, 0.3) is 0 Å². The van der Waals surface area contributed by atoms with Gasteiger partial charge in [-0.05, 0) is 27.7 Å². The van der Waals surface area contributed by atoms with Gasteiger partial charge in [-0.3, -0.25) is 0 Å². The molecule has 0 aromatic heterocycles.